The number of hydrogen-bond donors (Lipinski definition) is 1. The van der Waals surface area contributed by atoms with Crippen LogP contribution in [-0.2, 0) is 13.0 Å². The second-order valence-electron chi connectivity index (χ2n) is 9.82. The highest BCUT2D eigenvalue weighted by atomic mass is 35.5. The fraction of sp³-hybridized carbons (Fsp3) is 0.429. The number of anilines is 1. The van der Waals surface area contributed by atoms with Gasteiger partial charge in [-0.1, -0.05) is 17.7 Å². The van der Waals surface area contributed by atoms with Crippen LogP contribution < -0.4 is 5.32 Å². The molecule has 0 radical (unpaired) electrons. The highest BCUT2D eigenvalue weighted by Gasteiger charge is 2.27. The molecule has 3 heterocycles. The summed E-state index contributed by atoms with van der Waals surface area (Å²) in [4.78, 5) is 12.0. The molecule has 0 spiro atoms. The van der Waals surface area contributed by atoms with Crippen LogP contribution in [0.4, 0.5) is 14.6 Å². The number of rotatable bonds is 7. The van der Waals surface area contributed by atoms with Crippen LogP contribution in [0.3, 0.4) is 0 Å². The number of pyridine rings is 2. The number of hydrogen-bond acceptors (Lipinski definition) is 4. The van der Waals surface area contributed by atoms with Crippen molar-refractivity contribution in [2.45, 2.75) is 57.5 Å². The molecule has 2 aromatic heterocycles. The zero-order chi connectivity index (χ0) is 24.2. The molecule has 0 amide bonds. The van der Waals surface area contributed by atoms with Crippen molar-refractivity contribution in [1.29, 1.82) is 0 Å². The Hall–Kier alpha value is -2.57. The quantitative estimate of drug-likeness (QED) is 0.387. The first-order chi connectivity index (χ1) is 17.0. The zero-order valence-electron chi connectivity index (χ0n) is 19.8. The van der Waals surface area contributed by atoms with Crippen molar-refractivity contribution < 1.29 is 8.78 Å². The van der Waals surface area contributed by atoms with E-state index in [1.54, 1.807) is 6.20 Å². The van der Waals surface area contributed by atoms with Crippen LogP contribution in [0.1, 0.15) is 49.8 Å². The summed E-state index contributed by atoms with van der Waals surface area (Å²) in [5.41, 5.74) is 3.15. The van der Waals surface area contributed by atoms with Crippen molar-refractivity contribution in [2.24, 2.45) is 5.92 Å². The third-order valence-electron chi connectivity index (χ3n) is 7.30. The predicted octanol–water partition coefficient (Wildman–Crippen LogP) is 6.88. The molecular weight excluding hydrogens is 466 g/mol. The highest BCUT2D eigenvalue weighted by Crippen LogP contribution is 2.33. The lowest BCUT2D eigenvalue weighted by atomic mass is 9.82. The van der Waals surface area contributed by atoms with Crippen LogP contribution in [0.25, 0.3) is 11.3 Å². The molecule has 35 heavy (non-hydrogen) atoms. The van der Waals surface area contributed by atoms with Gasteiger partial charge in [-0.2, -0.15) is 0 Å². The molecule has 184 valence electrons. The van der Waals surface area contributed by atoms with Gasteiger partial charge in [0.1, 0.15) is 17.5 Å². The second-order valence-corrected chi connectivity index (χ2v) is 10.2. The molecule has 1 saturated carbocycles. The number of nitrogens with one attached hydrogen (secondary N) is 1. The minimum Gasteiger partial charge on any atom is -0.366 e. The molecule has 1 aromatic carbocycles. The van der Waals surface area contributed by atoms with E-state index >= 15 is 0 Å². The summed E-state index contributed by atoms with van der Waals surface area (Å²) in [6, 6.07) is 12.0. The first kappa shape index (κ1) is 24.1. The third kappa shape index (κ3) is 6.17. The Morgan fingerprint density at radius 2 is 1.71 bits per heavy atom. The molecule has 0 atom stereocenters. The first-order valence-electron chi connectivity index (χ1n) is 12.6. The average molecular weight is 497 g/mol. The molecular formula is C28H31ClF2N4. The summed E-state index contributed by atoms with van der Waals surface area (Å²) in [6.07, 6.45) is 10.5. The van der Waals surface area contributed by atoms with E-state index in [1.807, 2.05) is 18.2 Å². The summed E-state index contributed by atoms with van der Waals surface area (Å²) in [7, 11) is 0. The van der Waals surface area contributed by atoms with Gasteiger partial charge in [-0.25, -0.2) is 13.8 Å². The van der Waals surface area contributed by atoms with Gasteiger partial charge < -0.3 is 10.2 Å². The Kier molecular flexibility index (Phi) is 7.59. The van der Waals surface area contributed by atoms with Gasteiger partial charge in [0.25, 0.3) is 0 Å². The second kappa shape index (κ2) is 11.0. The van der Waals surface area contributed by atoms with Gasteiger partial charge in [-0.15, -0.1) is 0 Å². The molecule has 2 fully saturated rings. The van der Waals surface area contributed by atoms with Crippen LogP contribution in [0, 0.1) is 17.6 Å². The molecule has 1 aliphatic carbocycles. The number of likely N-dealkylation sites (tertiary alicyclic amines) is 1. The van der Waals surface area contributed by atoms with Crippen LogP contribution in [0.15, 0.2) is 48.7 Å². The molecule has 4 nitrogen and oxygen atoms in total. The van der Waals surface area contributed by atoms with E-state index in [4.69, 9.17) is 11.6 Å². The Morgan fingerprint density at radius 3 is 2.46 bits per heavy atom. The summed E-state index contributed by atoms with van der Waals surface area (Å²) in [5.74, 6) is 0.0816. The van der Waals surface area contributed by atoms with Gasteiger partial charge in [0.2, 0.25) is 0 Å². The molecule has 1 N–H and O–H groups in total. The smallest absolute Gasteiger partial charge is 0.126 e. The SMILES string of the molecule is Fc1cc(F)cc(CNc2cccc(-c3cc(CC4CCC(N5CCCC5)CC4)ncc3Cl)n2)c1. The number of aromatic nitrogens is 2. The predicted molar refractivity (Wildman–Crippen MR) is 136 cm³/mol. The van der Waals surface area contributed by atoms with Crippen molar-refractivity contribution >= 4 is 17.4 Å². The average Bonchev–Trinajstić information content (AvgIpc) is 3.39. The van der Waals surface area contributed by atoms with Crippen LogP contribution in [0.2, 0.25) is 5.02 Å². The normalized spacial score (nSPS) is 20.8. The molecule has 7 heteroatoms. The lowest BCUT2D eigenvalue weighted by molar-refractivity contribution is 0.164. The summed E-state index contributed by atoms with van der Waals surface area (Å²) >= 11 is 6.51. The van der Waals surface area contributed by atoms with E-state index in [1.165, 1.54) is 63.7 Å². The van der Waals surface area contributed by atoms with Crippen molar-refractivity contribution in [3.05, 3.63) is 76.6 Å². The van der Waals surface area contributed by atoms with E-state index in [0.717, 1.165) is 35.5 Å². The number of nitrogens with zero attached hydrogens (tertiary/aromatic N) is 3. The molecule has 3 aromatic rings. The van der Waals surface area contributed by atoms with Gasteiger partial charge in [-0.3, -0.25) is 4.98 Å². The van der Waals surface area contributed by atoms with E-state index < -0.39 is 11.6 Å². The molecule has 1 aliphatic heterocycles. The molecule has 0 bridgehead atoms. The lowest BCUT2D eigenvalue weighted by Crippen LogP contribution is -2.36. The summed E-state index contributed by atoms with van der Waals surface area (Å²) in [6.45, 7) is 2.81. The minimum atomic E-state index is -0.593. The van der Waals surface area contributed by atoms with Crippen LogP contribution in [0.5, 0.6) is 0 Å². The van der Waals surface area contributed by atoms with Crippen LogP contribution >= 0.6 is 11.6 Å². The number of benzene rings is 1. The summed E-state index contributed by atoms with van der Waals surface area (Å²) in [5, 5.41) is 3.70. The van der Waals surface area contributed by atoms with E-state index in [-0.39, 0.29) is 6.54 Å². The Labute approximate surface area is 210 Å². The monoisotopic (exact) mass is 496 g/mol. The standard InChI is InChI=1S/C28H31ClF2N4/c29-26-18-32-23(14-19-6-8-24(9-7-19)35-10-1-2-11-35)16-25(26)27-4-3-5-28(34-27)33-17-20-12-21(30)15-22(31)13-20/h3-5,12-13,15-16,18-19,24H,1-2,6-11,14,17H2,(H,33,34). The zero-order valence-corrected chi connectivity index (χ0v) is 20.6. The Balaban J connectivity index is 1.24. The third-order valence-corrected chi connectivity index (χ3v) is 7.61. The van der Waals surface area contributed by atoms with Crippen molar-refractivity contribution in [3.63, 3.8) is 0 Å². The van der Waals surface area contributed by atoms with Crippen LogP contribution in [-0.4, -0.2) is 34.0 Å². The largest absolute Gasteiger partial charge is 0.366 e. The van der Waals surface area contributed by atoms with Gasteiger partial charge in [0.15, 0.2) is 0 Å². The van der Waals surface area contributed by atoms with Gasteiger partial charge in [0, 0.05) is 36.1 Å². The molecule has 1 saturated heterocycles. The van der Waals surface area contributed by atoms with E-state index in [0.29, 0.717) is 22.3 Å². The first-order valence-corrected chi connectivity index (χ1v) is 13.0. The summed E-state index contributed by atoms with van der Waals surface area (Å²) < 4.78 is 26.9. The van der Waals surface area contributed by atoms with Gasteiger partial charge in [-0.05, 0) is 99.8 Å². The Bertz CT molecular complexity index is 1140. The maximum absolute atomic E-state index is 13.5. The fourth-order valence-electron chi connectivity index (χ4n) is 5.50. The molecule has 2 aliphatic rings. The molecule has 0 unspecified atom stereocenters. The topological polar surface area (TPSA) is 41.0 Å². The number of halogens is 3. The molecule has 5 rings (SSSR count). The highest BCUT2D eigenvalue weighted by molar-refractivity contribution is 6.33. The van der Waals surface area contributed by atoms with Crippen molar-refractivity contribution in [1.82, 2.24) is 14.9 Å². The van der Waals surface area contributed by atoms with E-state index in [9.17, 15) is 8.78 Å². The maximum atomic E-state index is 13.5. The lowest BCUT2D eigenvalue weighted by Gasteiger charge is -2.34. The minimum absolute atomic E-state index is 0.264. The van der Waals surface area contributed by atoms with Crippen molar-refractivity contribution in [3.8, 4) is 11.3 Å². The Morgan fingerprint density at radius 1 is 0.971 bits per heavy atom. The van der Waals surface area contributed by atoms with Gasteiger partial charge >= 0.3 is 0 Å². The van der Waals surface area contributed by atoms with Crippen molar-refractivity contribution in [2.75, 3.05) is 18.4 Å². The van der Waals surface area contributed by atoms with Gasteiger partial charge in [0.05, 0.1) is 10.7 Å². The van der Waals surface area contributed by atoms with E-state index in [2.05, 4.69) is 26.3 Å². The maximum Gasteiger partial charge on any atom is 0.126 e. The fourth-order valence-corrected chi connectivity index (χ4v) is 5.70.